The fraction of sp³-hybridized carbons (Fsp3) is 0.500. The van der Waals surface area contributed by atoms with E-state index in [9.17, 15) is 28.6 Å². The number of sulfone groups is 1. The van der Waals surface area contributed by atoms with Gasteiger partial charge in [-0.1, -0.05) is 0 Å². The van der Waals surface area contributed by atoms with Gasteiger partial charge in [-0.2, -0.15) is 0 Å². The van der Waals surface area contributed by atoms with Crippen molar-refractivity contribution in [3.63, 3.8) is 0 Å². The van der Waals surface area contributed by atoms with Crippen molar-refractivity contribution in [1.82, 2.24) is 0 Å². The van der Waals surface area contributed by atoms with Crippen LogP contribution in [0.4, 0.5) is 10.7 Å². The molecule has 0 radical (unpaired) electrons. The first-order valence-corrected chi connectivity index (χ1v) is 6.95. The second-order valence-electron chi connectivity index (χ2n) is 4.39. The highest BCUT2D eigenvalue weighted by atomic mass is 32.2. The molecule has 1 aromatic heterocycles. The Balaban J connectivity index is 3.60. The third-order valence-corrected chi connectivity index (χ3v) is 6.18. The molecule has 0 aliphatic heterocycles. The first-order chi connectivity index (χ1) is 7.98. The van der Waals surface area contributed by atoms with Crippen molar-refractivity contribution < 1.29 is 18.3 Å². The fourth-order valence-corrected chi connectivity index (χ4v) is 4.12. The Labute approximate surface area is 106 Å². The Bertz CT molecular complexity index is 610. The van der Waals surface area contributed by atoms with Gasteiger partial charge in [0.05, 0.1) is 14.6 Å². The number of hydrogen-bond acceptors (Lipinski definition) is 7. The summed E-state index contributed by atoms with van der Waals surface area (Å²) in [6, 6.07) is 0.670. The molecule has 0 fully saturated rings. The molecule has 0 aromatic carbocycles. The van der Waals surface area contributed by atoms with E-state index in [1.165, 1.54) is 20.8 Å². The zero-order valence-corrected chi connectivity index (χ0v) is 11.4. The topological polar surface area (TPSA) is 120 Å². The summed E-state index contributed by atoms with van der Waals surface area (Å²) >= 11 is 0.301. The fourth-order valence-electron chi connectivity index (χ4n) is 1.04. The third kappa shape index (κ3) is 2.34. The second kappa shape index (κ2) is 4.28. The zero-order chi connectivity index (χ0) is 14.3. The average Bonchev–Trinajstić information content (AvgIpc) is 2.60. The Hall–Kier alpha value is -1.55. The van der Waals surface area contributed by atoms with Crippen LogP contribution in [0, 0.1) is 20.2 Å². The van der Waals surface area contributed by atoms with Crippen LogP contribution < -0.4 is 0 Å². The minimum Gasteiger partial charge on any atom is -0.258 e. The van der Waals surface area contributed by atoms with Crippen molar-refractivity contribution >= 4 is 31.9 Å². The van der Waals surface area contributed by atoms with E-state index in [0.717, 1.165) is 0 Å². The molecule has 100 valence electrons. The predicted octanol–water partition coefficient (Wildman–Crippen LogP) is 2.14. The van der Waals surface area contributed by atoms with Crippen LogP contribution in [0.25, 0.3) is 0 Å². The Morgan fingerprint density at radius 1 is 1.17 bits per heavy atom. The maximum absolute atomic E-state index is 12.1. The molecule has 1 aromatic rings. The summed E-state index contributed by atoms with van der Waals surface area (Å²) in [5, 5.41) is 20.8. The Morgan fingerprint density at radius 2 is 1.67 bits per heavy atom. The van der Waals surface area contributed by atoms with Gasteiger partial charge in [0.1, 0.15) is 6.07 Å². The lowest BCUT2D eigenvalue weighted by atomic mass is 10.3. The largest absolute Gasteiger partial charge is 0.332 e. The van der Waals surface area contributed by atoms with E-state index in [2.05, 4.69) is 0 Å². The highest BCUT2D eigenvalue weighted by Crippen LogP contribution is 2.41. The van der Waals surface area contributed by atoms with Gasteiger partial charge in [-0.05, 0) is 32.1 Å². The lowest BCUT2D eigenvalue weighted by Gasteiger charge is -2.16. The first-order valence-electron chi connectivity index (χ1n) is 4.65. The number of thiophene rings is 1. The molecule has 10 heteroatoms. The SMILES string of the molecule is CC(C)(C)S(=O)(=O)c1sc([N+](=O)[O-])cc1[N+](=O)[O-]. The maximum Gasteiger partial charge on any atom is 0.332 e. The number of hydrogen-bond donors (Lipinski definition) is 0. The minimum absolute atomic E-state index is 0.301. The molecular weight excluding hydrogens is 284 g/mol. The summed E-state index contributed by atoms with van der Waals surface area (Å²) in [5.74, 6) is 0. The monoisotopic (exact) mass is 294 g/mol. The summed E-state index contributed by atoms with van der Waals surface area (Å²) in [6.07, 6.45) is 0. The van der Waals surface area contributed by atoms with E-state index in [-0.39, 0.29) is 0 Å². The van der Waals surface area contributed by atoms with Gasteiger partial charge < -0.3 is 0 Å². The zero-order valence-electron chi connectivity index (χ0n) is 9.74. The predicted molar refractivity (Wildman–Crippen MR) is 64.6 cm³/mol. The Kier molecular flexibility index (Phi) is 3.45. The smallest absolute Gasteiger partial charge is 0.258 e. The van der Waals surface area contributed by atoms with Crippen molar-refractivity contribution in [2.24, 2.45) is 0 Å². The first kappa shape index (κ1) is 14.5. The molecule has 0 spiro atoms. The van der Waals surface area contributed by atoms with E-state index in [0.29, 0.717) is 17.4 Å². The molecule has 0 atom stereocenters. The van der Waals surface area contributed by atoms with Gasteiger partial charge in [0.2, 0.25) is 4.21 Å². The number of rotatable bonds is 3. The van der Waals surface area contributed by atoms with Crippen LogP contribution in [0.5, 0.6) is 0 Å². The normalized spacial score (nSPS) is 12.4. The Morgan fingerprint density at radius 3 is 2.00 bits per heavy atom. The lowest BCUT2D eigenvalue weighted by Crippen LogP contribution is -2.27. The van der Waals surface area contributed by atoms with Gasteiger partial charge in [-0.15, -0.1) is 0 Å². The van der Waals surface area contributed by atoms with Gasteiger partial charge in [0, 0.05) is 0 Å². The molecule has 0 saturated heterocycles. The van der Waals surface area contributed by atoms with Crippen molar-refractivity contribution in [3.8, 4) is 0 Å². The maximum atomic E-state index is 12.1. The van der Waals surface area contributed by atoms with Gasteiger partial charge in [0.25, 0.3) is 0 Å². The van der Waals surface area contributed by atoms with Crippen molar-refractivity contribution in [2.45, 2.75) is 29.7 Å². The second-order valence-corrected chi connectivity index (χ2v) is 8.32. The molecule has 0 aliphatic rings. The van der Waals surface area contributed by atoms with Gasteiger partial charge in [-0.3, -0.25) is 20.2 Å². The summed E-state index contributed by atoms with van der Waals surface area (Å²) in [6.45, 7) is 4.12. The van der Waals surface area contributed by atoms with Crippen molar-refractivity contribution in [1.29, 1.82) is 0 Å². The molecule has 1 heterocycles. The molecule has 8 nitrogen and oxygen atoms in total. The lowest BCUT2D eigenvalue weighted by molar-refractivity contribution is -0.391. The molecular formula is C8H10N2O6S2. The standard InChI is InChI=1S/C8H10N2O6S2/c1-8(2,3)18(15,16)7-5(9(11)12)4-6(17-7)10(13)14/h4H,1-3H3. The van der Waals surface area contributed by atoms with Crippen LogP contribution in [0.1, 0.15) is 20.8 Å². The minimum atomic E-state index is -3.99. The van der Waals surface area contributed by atoms with Crippen LogP contribution in [-0.2, 0) is 9.84 Å². The van der Waals surface area contributed by atoms with Gasteiger partial charge in [-0.25, -0.2) is 8.42 Å². The average molecular weight is 294 g/mol. The van der Waals surface area contributed by atoms with E-state index in [1.807, 2.05) is 0 Å². The van der Waals surface area contributed by atoms with Crippen LogP contribution in [0.3, 0.4) is 0 Å². The van der Waals surface area contributed by atoms with Crippen molar-refractivity contribution in [2.75, 3.05) is 0 Å². The molecule has 0 aliphatic carbocycles. The van der Waals surface area contributed by atoms with Crippen LogP contribution in [0.15, 0.2) is 10.3 Å². The molecule has 0 saturated carbocycles. The molecule has 18 heavy (non-hydrogen) atoms. The van der Waals surface area contributed by atoms with Crippen LogP contribution in [-0.4, -0.2) is 23.0 Å². The van der Waals surface area contributed by atoms with Crippen LogP contribution >= 0.6 is 11.3 Å². The van der Waals surface area contributed by atoms with Crippen molar-refractivity contribution in [3.05, 3.63) is 26.3 Å². The summed E-state index contributed by atoms with van der Waals surface area (Å²) in [7, 11) is -3.99. The molecule has 1 rings (SSSR count). The molecule has 0 unspecified atom stereocenters. The molecule has 0 amide bonds. The van der Waals surface area contributed by atoms with E-state index < -0.39 is 39.3 Å². The van der Waals surface area contributed by atoms with E-state index >= 15 is 0 Å². The van der Waals surface area contributed by atoms with E-state index in [4.69, 9.17) is 0 Å². The van der Waals surface area contributed by atoms with Gasteiger partial charge >= 0.3 is 10.7 Å². The summed E-state index contributed by atoms with van der Waals surface area (Å²) < 4.78 is 22.4. The van der Waals surface area contributed by atoms with E-state index in [1.54, 1.807) is 0 Å². The number of nitrogens with zero attached hydrogens (tertiary/aromatic N) is 2. The summed E-state index contributed by atoms with van der Waals surface area (Å²) in [5.41, 5.74) is -0.748. The highest BCUT2D eigenvalue weighted by Gasteiger charge is 2.40. The third-order valence-electron chi connectivity index (χ3n) is 2.09. The highest BCUT2D eigenvalue weighted by molar-refractivity contribution is 7.95. The molecule has 0 N–H and O–H groups in total. The number of nitro groups is 2. The summed E-state index contributed by atoms with van der Waals surface area (Å²) in [4.78, 5) is 19.5. The quantitative estimate of drug-likeness (QED) is 0.622. The van der Waals surface area contributed by atoms with Gasteiger partial charge in [0.15, 0.2) is 9.84 Å². The molecule has 0 bridgehead atoms. The van der Waals surface area contributed by atoms with Crippen LogP contribution in [0.2, 0.25) is 0 Å².